The molecule has 0 saturated carbocycles. The predicted octanol–water partition coefficient (Wildman–Crippen LogP) is 1.76. The Morgan fingerprint density at radius 2 is 2.20 bits per heavy atom. The predicted molar refractivity (Wildman–Crippen MR) is 80.5 cm³/mol. The van der Waals surface area contributed by atoms with Gasteiger partial charge in [-0.3, -0.25) is 9.58 Å². The van der Waals surface area contributed by atoms with Gasteiger partial charge in [-0.25, -0.2) is 0 Å². The molecule has 2 saturated heterocycles. The van der Waals surface area contributed by atoms with Crippen LogP contribution in [0.4, 0.5) is 0 Å². The molecule has 1 N–H and O–H groups in total. The maximum Gasteiger partial charge on any atom is 0.0843 e. The van der Waals surface area contributed by atoms with Crippen LogP contribution in [0.5, 0.6) is 0 Å². The zero-order valence-electron chi connectivity index (χ0n) is 12.0. The lowest BCUT2D eigenvalue weighted by Gasteiger charge is -2.24. The van der Waals surface area contributed by atoms with Crippen LogP contribution in [0.1, 0.15) is 18.5 Å². The molecule has 2 fully saturated rings. The largest absolute Gasteiger partial charge is 0.312 e. The molecule has 4 rings (SSSR count). The van der Waals surface area contributed by atoms with Crippen molar-refractivity contribution in [1.29, 1.82) is 0 Å². The molecule has 2 aliphatic rings. The Bertz CT molecular complexity index is 604. The van der Waals surface area contributed by atoms with Crippen molar-refractivity contribution in [3.8, 4) is 0 Å². The van der Waals surface area contributed by atoms with E-state index < -0.39 is 0 Å². The maximum absolute atomic E-state index is 4.73. The molecule has 0 spiro atoms. The van der Waals surface area contributed by atoms with E-state index in [1.165, 1.54) is 49.1 Å². The molecule has 20 heavy (non-hydrogen) atoms. The highest BCUT2D eigenvalue weighted by atomic mass is 15.3. The van der Waals surface area contributed by atoms with E-state index in [-0.39, 0.29) is 0 Å². The van der Waals surface area contributed by atoms with Gasteiger partial charge >= 0.3 is 0 Å². The topological polar surface area (TPSA) is 33.1 Å². The van der Waals surface area contributed by atoms with Crippen molar-refractivity contribution in [1.82, 2.24) is 20.0 Å². The molecule has 4 nitrogen and oxygen atoms in total. The van der Waals surface area contributed by atoms with Crippen molar-refractivity contribution in [2.45, 2.75) is 25.4 Å². The first kappa shape index (κ1) is 12.4. The van der Waals surface area contributed by atoms with Gasteiger partial charge in [0.2, 0.25) is 0 Å². The Hall–Kier alpha value is -1.39. The number of fused-ring (bicyclic) bond motifs is 2. The lowest BCUT2D eigenvalue weighted by molar-refractivity contribution is 0.309. The monoisotopic (exact) mass is 270 g/mol. The number of nitrogens with zero attached hydrogens (tertiary/aromatic N) is 3. The third kappa shape index (κ3) is 2.03. The summed E-state index contributed by atoms with van der Waals surface area (Å²) in [6, 6.07) is 9.25. The van der Waals surface area contributed by atoms with E-state index in [9.17, 15) is 0 Å². The first-order valence-electron chi connectivity index (χ1n) is 7.67. The number of likely N-dealkylation sites (tertiary alicyclic amines) is 1. The fourth-order valence-corrected chi connectivity index (χ4v) is 3.88. The highest BCUT2D eigenvalue weighted by Crippen LogP contribution is 2.27. The second-order valence-electron chi connectivity index (χ2n) is 6.24. The van der Waals surface area contributed by atoms with E-state index in [4.69, 9.17) is 5.10 Å². The minimum absolute atomic E-state index is 0.707. The van der Waals surface area contributed by atoms with Gasteiger partial charge in [-0.1, -0.05) is 18.2 Å². The fourth-order valence-electron chi connectivity index (χ4n) is 3.88. The average Bonchev–Trinajstić information content (AvgIpc) is 3.01. The van der Waals surface area contributed by atoms with Crippen LogP contribution < -0.4 is 5.32 Å². The SMILES string of the molecule is Cn1nc(CN2CC3CCCNC3C2)c2ccccc21. The average molecular weight is 270 g/mol. The highest BCUT2D eigenvalue weighted by Gasteiger charge is 2.34. The van der Waals surface area contributed by atoms with Crippen molar-refractivity contribution in [2.24, 2.45) is 13.0 Å². The van der Waals surface area contributed by atoms with E-state index in [1.54, 1.807) is 0 Å². The third-order valence-corrected chi connectivity index (χ3v) is 4.88. The molecule has 2 aromatic rings. The smallest absolute Gasteiger partial charge is 0.0843 e. The molecule has 3 heterocycles. The Balaban J connectivity index is 1.56. The van der Waals surface area contributed by atoms with Crippen molar-refractivity contribution >= 4 is 10.9 Å². The molecule has 2 aliphatic heterocycles. The van der Waals surface area contributed by atoms with Crippen LogP contribution in [0, 0.1) is 5.92 Å². The van der Waals surface area contributed by atoms with Gasteiger partial charge < -0.3 is 5.32 Å². The van der Waals surface area contributed by atoms with Crippen LogP contribution in [-0.2, 0) is 13.6 Å². The van der Waals surface area contributed by atoms with E-state index in [0.717, 1.165) is 12.5 Å². The number of nitrogens with one attached hydrogen (secondary N) is 1. The third-order valence-electron chi connectivity index (χ3n) is 4.88. The summed E-state index contributed by atoms with van der Waals surface area (Å²) in [5.74, 6) is 0.846. The molecule has 1 aromatic carbocycles. The summed E-state index contributed by atoms with van der Waals surface area (Å²) in [7, 11) is 2.04. The summed E-state index contributed by atoms with van der Waals surface area (Å²) >= 11 is 0. The summed E-state index contributed by atoms with van der Waals surface area (Å²) in [6.07, 6.45) is 2.72. The number of rotatable bonds is 2. The van der Waals surface area contributed by atoms with Gasteiger partial charge in [0.25, 0.3) is 0 Å². The van der Waals surface area contributed by atoms with Crippen LogP contribution in [0.2, 0.25) is 0 Å². The Morgan fingerprint density at radius 3 is 3.10 bits per heavy atom. The molecule has 4 heteroatoms. The normalized spacial score (nSPS) is 27.1. The second-order valence-corrected chi connectivity index (χ2v) is 6.24. The Kier molecular flexibility index (Phi) is 3.00. The van der Waals surface area contributed by atoms with Crippen molar-refractivity contribution in [3.63, 3.8) is 0 Å². The van der Waals surface area contributed by atoms with E-state index in [2.05, 4.69) is 34.5 Å². The maximum atomic E-state index is 4.73. The van der Waals surface area contributed by atoms with Gasteiger partial charge in [-0.2, -0.15) is 5.10 Å². The zero-order valence-corrected chi connectivity index (χ0v) is 12.0. The van der Waals surface area contributed by atoms with Crippen LogP contribution in [0.3, 0.4) is 0 Å². The van der Waals surface area contributed by atoms with Crippen LogP contribution >= 0.6 is 0 Å². The lowest BCUT2D eigenvalue weighted by Crippen LogP contribution is -2.40. The van der Waals surface area contributed by atoms with Crippen molar-refractivity contribution < 1.29 is 0 Å². The highest BCUT2D eigenvalue weighted by molar-refractivity contribution is 5.81. The molecule has 0 bridgehead atoms. The molecule has 2 atom stereocenters. The lowest BCUT2D eigenvalue weighted by atomic mass is 9.94. The first-order chi connectivity index (χ1) is 9.81. The minimum atomic E-state index is 0.707. The molecule has 1 aromatic heterocycles. The van der Waals surface area contributed by atoms with Gasteiger partial charge in [0.15, 0.2) is 0 Å². The van der Waals surface area contributed by atoms with Crippen molar-refractivity contribution in [3.05, 3.63) is 30.0 Å². The number of piperidine rings is 1. The van der Waals surface area contributed by atoms with Gasteiger partial charge in [-0.15, -0.1) is 0 Å². The Labute approximate surface area is 119 Å². The molecule has 0 amide bonds. The van der Waals surface area contributed by atoms with Crippen molar-refractivity contribution in [2.75, 3.05) is 19.6 Å². The van der Waals surface area contributed by atoms with Gasteiger partial charge in [-0.05, 0) is 31.4 Å². The van der Waals surface area contributed by atoms with Gasteiger partial charge in [0, 0.05) is 38.1 Å². The standard InChI is InChI=1S/C16H22N4/c1-19-16-7-3-2-6-13(16)15(18-19)11-20-9-12-5-4-8-17-14(12)10-20/h2-3,6-7,12,14,17H,4-5,8-11H2,1H3. The number of aromatic nitrogens is 2. The number of aryl methyl sites for hydroxylation is 1. The van der Waals surface area contributed by atoms with Crippen LogP contribution in [0.15, 0.2) is 24.3 Å². The molecule has 106 valence electrons. The number of hydrogen-bond acceptors (Lipinski definition) is 3. The molecule has 0 aliphatic carbocycles. The van der Waals surface area contributed by atoms with Gasteiger partial charge in [0.05, 0.1) is 11.2 Å². The Morgan fingerprint density at radius 1 is 1.30 bits per heavy atom. The van der Waals surface area contributed by atoms with Crippen LogP contribution in [-0.4, -0.2) is 40.4 Å². The summed E-state index contributed by atoms with van der Waals surface area (Å²) in [5, 5.41) is 9.70. The zero-order chi connectivity index (χ0) is 13.5. The second kappa shape index (κ2) is 4.86. The number of benzene rings is 1. The van der Waals surface area contributed by atoms with Gasteiger partial charge in [0.1, 0.15) is 0 Å². The summed E-state index contributed by atoms with van der Waals surface area (Å²) in [6.45, 7) is 4.58. The van der Waals surface area contributed by atoms with E-state index in [1.807, 2.05) is 11.7 Å². The number of para-hydroxylation sites is 1. The quantitative estimate of drug-likeness (QED) is 0.902. The number of hydrogen-bond donors (Lipinski definition) is 1. The summed E-state index contributed by atoms with van der Waals surface area (Å²) in [4.78, 5) is 2.57. The summed E-state index contributed by atoms with van der Waals surface area (Å²) < 4.78 is 2.01. The molecular weight excluding hydrogens is 248 g/mol. The van der Waals surface area contributed by atoms with E-state index >= 15 is 0 Å². The molecule has 2 unspecified atom stereocenters. The minimum Gasteiger partial charge on any atom is -0.312 e. The molecular formula is C16H22N4. The first-order valence-corrected chi connectivity index (χ1v) is 7.67. The molecule has 0 radical (unpaired) electrons. The fraction of sp³-hybridized carbons (Fsp3) is 0.562. The van der Waals surface area contributed by atoms with Crippen LogP contribution in [0.25, 0.3) is 10.9 Å². The summed E-state index contributed by atoms with van der Waals surface area (Å²) in [5.41, 5.74) is 2.46. The van der Waals surface area contributed by atoms with E-state index in [0.29, 0.717) is 6.04 Å².